The molecule has 1 atom stereocenters. The summed E-state index contributed by atoms with van der Waals surface area (Å²) in [6, 6.07) is 11.7. The molecule has 1 aromatic heterocycles. The number of pyridine rings is 1. The van der Waals surface area contributed by atoms with Gasteiger partial charge in [0.15, 0.2) is 0 Å². The third-order valence-corrected chi connectivity index (χ3v) is 3.09. The first kappa shape index (κ1) is 13.3. The average molecular weight is 255 g/mol. The van der Waals surface area contributed by atoms with Gasteiger partial charge in [-0.1, -0.05) is 36.4 Å². The number of rotatable bonds is 5. The minimum Gasteiger partial charge on any atom is -0.481 e. The number of aromatic nitrogens is 1. The fourth-order valence-corrected chi connectivity index (χ4v) is 2.16. The third-order valence-electron chi connectivity index (χ3n) is 3.09. The summed E-state index contributed by atoms with van der Waals surface area (Å²) in [6.45, 7) is 1.96. The number of aryl methyl sites for hydroxylation is 1. The Morgan fingerprint density at radius 1 is 1.16 bits per heavy atom. The van der Waals surface area contributed by atoms with Crippen molar-refractivity contribution in [2.45, 2.75) is 19.8 Å². The van der Waals surface area contributed by atoms with E-state index in [4.69, 9.17) is 0 Å². The Labute approximate surface area is 112 Å². The lowest BCUT2D eigenvalue weighted by atomic mass is 9.93. The molecule has 3 nitrogen and oxygen atoms in total. The molecule has 2 aromatic rings. The molecule has 0 aliphatic heterocycles. The Kier molecular flexibility index (Phi) is 4.29. The summed E-state index contributed by atoms with van der Waals surface area (Å²) in [5.74, 6) is -1.17. The van der Waals surface area contributed by atoms with E-state index in [1.54, 1.807) is 12.4 Å². The van der Waals surface area contributed by atoms with Crippen LogP contribution in [-0.2, 0) is 17.6 Å². The highest BCUT2D eigenvalue weighted by atomic mass is 16.4. The van der Waals surface area contributed by atoms with E-state index >= 15 is 0 Å². The second-order valence-electron chi connectivity index (χ2n) is 4.80. The number of carbonyl (C=O) groups is 1. The largest absolute Gasteiger partial charge is 0.481 e. The molecule has 0 spiro atoms. The van der Waals surface area contributed by atoms with E-state index in [0.29, 0.717) is 12.8 Å². The van der Waals surface area contributed by atoms with E-state index in [1.807, 2.05) is 43.3 Å². The van der Waals surface area contributed by atoms with Crippen LogP contribution in [0.5, 0.6) is 0 Å². The second kappa shape index (κ2) is 6.14. The van der Waals surface area contributed by atoms with Crippen LogP contribution in [0.2, 0.25) is 0 Å². The molecule has 0 fully saturated rings. The number of hydrogen-bond donors (Lipinski definition) is 1. The normalized spacial score (nSPS) is 12.1. The first-order valence-electron chi connectivity index (χ1n) is 6.32. The third kappa shape index (κ3) is 3.91. The number of aliphatic carboxylic acids is 1. The SMILES string of the molecule is Cc1cncc(CC(Cc2ccccc2)C(=O)O)c1. The monoisotopic (exact) mass is 255 g/mol. The van der Waals surface area contributed by atoms with Crippen molar-refractivity contribution in [2.75, 3.05) is 0 Å². The molecular weight excluding hydrogens is 238 g/mol. The Bertz CT molecular complexity index is 552. The van der Waals surface area contributed by atoms with E-state index in [2.05, 4.69) is 4.98 Å². The first-order chi connectivity index (χ1) is 9.15. The topological polar surface area (TPSA) is 50.2 Å². The van der Waals surface area contributed by atoms with Crippen LogP contribution in [-0.4, -0.2) is 16.1 Å². The van der Waals surface area contributed by atoms with E-state index in [9.17, 15) is 9.90 Å². The first-order valence-corrected chi connectivity index (χ1v) is 6.32. The summed E-state index contributed by atoms with van der Waals surface area (Å²) >= 11 is 0. The fourth-order valence-electron chi connectivity index (χ4n) is 2.16. The molecule has 0 aliphatic carbocycles. The Hall–Kier alpha value is -2.16. The maximum absolute atomic E-state index is 11.4. The summed E-state index contributed by atoms with van der Waals surface area (Å²) in [6.07, 6.45) is 4.58. The van der Waals surface area contributed by atoms with Gasteiger partial charge in [-0.25, -0.2) is 0 Å². The quantitative estimate of drug-likeness (QED) is 0.893. The second-order valence-corrected chi connectivity index (χ2v) is 4.80. The minimum atomic E-state index is -0.759. The van der Waals surface area contributed by atoms with Gasteiger partial charge in [-0.15, -0.1) is 0 Å². The molecular formula is C16H17NO2. The lowest BCUT2D eigenvalue weighted by Crippen LogP contribution is -2.19. The molecule has 0 radical (unpaired) electrons. The van der Waals surface area contributed by atoms with Crippen molar-refractivity contribution in [2.24, 2.45) is 5.92 Å². The number of hydrogen-bond acceptors (Lipinski definition) is 2. The van der Waals surface area contributed by atoms with E-state index < -0.39 is 11.9 Å². The van der Waals surface area contributed by atoms with E-state index in [0.717, 1.165) is 16.7 Å². The summed E-state index contributed by atoms with van der Waals surface area (Å²) in [5.41, 5.74) is 3.08. The molecule has 1 unspecified atom stereocenters. The van der Waals surface area contributed by atoms with Crippen LogP contribution >= 0.6 is 0 Å². The van der Waals surface area contributed by atoms with Crippen LogP contribution in [0, 0.1) is 12.8 Å². The van der Waals surface area contributed by atoms with Gasteiger partial charge in [-0.2, -0.15) is 0 Å². The fraction of sp³-hybridized carbons (Fsp3) is 0.250. The van der Waals surface area contributed by atoms with Crippen LogP contribution in [0.1, 0.15) is 16.7 Å². The van der Waals surface area contributed by atoms with Gasteiger partial charge >= 0.3 is 5.97 Å². The van der Waals surface area contributed by atoms with Crippen molar-refractivity contribution in [1.29, 1.82) is 0 Å². The smallest absolute Gasteiger partial charge is 0.307 e. The van der Waals surface area contributed by atoms with Gasteiger partial charge in [-0.3, -0.25) is 9.78 Å². The number of carboxylic acids is 1. The van der Waals surface area contributed by atoms with Gasteiger partial charge in [-0.05, 0) is 36.5 Å². The molecule has 0 aliphatic rings. The van der Waals surface area contributed by atoms with Crippen LogP contribution in [0.4, 0.5) is 0 Å². The molecule has 1 aromatic carbocycles. The van der Waals surface area contributed by atoms with E-state index in [1.165, 1.54) is 0 Å². The molecule has 0 saturated heterocycles. The summed E-state index contributed by atoms with van der Waals surface area (Å²) in [4.78, 5) is 15.5. The highest BCUT2D eigenvalue weighted by Crippen LogP contribution is 2.15. The van der Waals surface area contributed by atoms with Crippen LogP contribution in [0.25, 0.3) is 0 Å². The molecule has 0 amide bonds. The molecule has 0 saturated carbocycles. The predicted molar refractivity (Wildman–Crippen MR) is 73.9 cm³/mol. The number of nitrogens with zero attached hydrogens (tertiary/aromatic N) is 1. The zero-order valence-electron chi connectivity index (χ0n) is 10.9. The van der Waals surface area contributed by atoms with Crippen LogP contribution in [0.3, 0.4) is 0 Å². The summed E-state index contributed by atoms with van der Waals surface area (Å²) in [5, 5.41) is 9.34. The van der Waals surface area contributed by atoms with Gasteiger partial charge < -0.3 is 5.11 Å². The van der Waals surface area contributed by atoms with Crippen molar-refractivity contribution in [1.82, 2.24) is 4.98 Å². The lowest BCUT2D eigenvalue weighted by molar-refractivity contribution is -0.141. The standard InChI is InChI=1S/C16H17NO2/c1-12-7-14(11-17-10-12)9-15(16(18)19)8-13-5-3-2-4-6-13/h2-7,10-11,15H,8-9H2,1H3,(H,18,19). The zero-order chi connectivity index (χ0) is 13.7. The Morgan fingerprint density at radius 2 is 1.84 bits per heavy atom. The van der Waals surface area contributed by atoms with E-state index in [-0.39, 0.29) is 0 Å². The van der Waals surface area contributed by atoms with Crippen LogP contribution in [0.15, 0.2) is 48.8 Å². The summed E-state index contributed by atoms with van der Waals surface area (Å²) < 4.78 is 0. The lowest BCUT2D eigenvalue weighted by Gasteiger charge is -2.12. The highest BCUT2D eigenvalue weighted by Gasteiger charge is 2.18. The van der Waals surface area contributed by atoms with Crippen LogP contribution < -0.4 is 0 Å². The maximum Gasteiger partial charge on any atom is 0.307 e. The molecule has 0 bridgehead atoms. The molecule has 1 heterocycles. The number of carboxylic acid groups (broad SMARTS) is 1. The average Bonchev–Trinajstić information content (AvgIpc) is 2.39. The summed E-state index contributed by atoms with van der Waals surface area (Å²) in [7, 11) is 0. The molecule has 98 valence electrons. The van der Waals surface area contributed by atoms with Crippen molar-refractivity contribution < 1.29 is 9.90 Å². The highest BCUT2D eigenvalue weighted by molar-refractivity contribution is 5.70. The Balaban J connectivity index is 2.11. The van der Waals surface area contributed by atoms with Crippen molar-refractivity contribution >= 4 is 5.97 Å². The van der Waals surface area contributed by atoms with Gasteiger partial charge in [0.2, 0.25) is 0 Å². The van der Waals surface area contributed by atoms with Crippen molar-refractivity contribution in [3.05, 3.63) is 65.5 Å². The molecule has 19 heavy (non-hydrogen) atoms. The maximum atomic E-state index is 11.4. The van der Waals surface area contributed by atoms with Gasteiger partial charge in [0.1, 0.15) is 0 Å². The molecule has 1 N–H and O–H groups in total. The predicted octanol–water partition coefficient (Wildman–Crippen LogP) is 2.88. The van der Waals surface area contributed by atoms with Gasteiger partial charge in [0, 0.05) is 12.4 Å². The van der Waals surface area contributed by atoms with Crippen molar-refractivity contribution in [3.63, 3.8) is 0 Å². The zero-order valence-corrected chi connectivity index (χ0v) is 10.9. The minimum absolute atomic E-state index is 0.411. The number of benzene rings is 1. The van der Waals surface area contributed by atoms with Crippen molar-refractivity contribution in [3.8, 4) is 0 Å². The van der Waals surface area contributed by atoms with Gasteiger partial charge in [0.25, 0.3) is 0 Å². The van der Waals surface area contributed by atoms with Gasteiger partial charge in [0.05, 0.1) is 5.92 Å². The molecule has 2 rings (SSSR count). The molecule has 3 heteroatoms. The Morgan fingerprint density at radius 3 is 2.47 bits per heavy atom.